The molecular formula is C35H72N3O6+3. The molecular weight excluding hydrogens is 558 g/mol. The maximum atomic E-state index is 12.9. The van der Waals surface area contributed by atoms with Gasteiger partial charge in [-0.25, -0.2) is 14.4 Å². The Morgan fingerprint density at radius 2 is 0.727 bits per heavy atom. The summed E-state index contributed by atoms with van der Waals surface area (Å²) in [7, 11) is 10.4. The third-order valence-corrected chi connectivity index (χ3v) is 8.33. The summed E-state index contributed by atoms with van der Waals surface area (Å²) in [5.41, 5.74) is 0. The first-order valence-corrected chi connectivity index (χ1v) is 17.7. The van der Waals surface area contributed by atoms with E-state index >= 15 is 0 Å². The molecule has 0 aliphatic rings. The zero-order valence-corrected chi connectivity index (χ0v) is 30.3. The molecule has 0 aliphatic carbocycles. The van der Waals surface area contributed by atoms with Crippen LogP contribution in [0.25, 0.3) is 0 Å². The molecule has 0 aliphatic heterocycles. The Labute approximate surface area is 271 Å². The van der Waals surface area contributed by atoms with E-state index in [0.717, 1.165) is 103 Å². The van der Waals surface area contributed by atoms with Gasteiger partial charge in [-0.15, -0.1) is 0 Å². The van der Waals surface area contributed by atoms with Gasteiger partial charge in [-0.05, 0) is 19.3 Å². The zero-order chi connectivity index (χ0) is 33.3. The molecule has 0 bridgehead atoms. The van der Waals surface area contributed by atoms with Crippen molar-refractivity contribution in [2.45, 2.75) is 111 Å². The number of nitrogens with zero attached hydrogens (tertiary/aromatic N) is 3. The van der Waals surface area contributed by atoms with E-state index in [4.69, 9.17) is 14.2 Å². The fourth-order valence-corrected chi connectivity index (χ4v) is 5.48. The van der Waals surface area contributed by atoms with E-state index in [2.05, 4.69) is 56.0 Å². The van der Waals surface area contributed by atoms with Gasteiger partial charge in [0.05, 0.1) is 81.2 Å². The molecule has 9 nitrogen and oxygen atoms in total. The van der Waals surface area contributed by atoms with Crippen LogP contribution in [0, 0.1) is 0 Å². The molecule has 0 radical (unpaired) electrons. The third-order valence-electron chi connectivity index (χ3n) is 8.33. The van der Waals surface area contributed by atoms with Crippen LogP contribution in [-0.4, -0.2) is 132 Å². The number of rotatable bonds is 29. The normalized spacial score (nSPS) is 12.3. The summed E-state index contributed by atoms with van der Waals surface area (Å²) in [6.45, 7) is 12.3. The molecule has 0 aromatic rings. The van der Waals surface area contributed by atoms with Gasteiger partial charge < -0.3 is 27.7 Å². The maximum Gasteiger partial charge on any atom is 0.361 e. The van der Waals surface area contributed by atoms with Crippen LogP contribution in [0.3, 0.4) is 0 Å². The van der Waals surface area contributed by atoms with Gasteiger partial charge >= 0.3 is 17.9 Å². The highest BCUT2D eigenvalue weighted by atomic mass is 16.5. The van der Waals surface area contributed by atoms with Gasteiger partial charge in [0.2, 0.25) is 0 Å². The summed E-state index contributed by atoms with van der Waals surface area (Å²) in [4.78, 5) is 37.7. The summed E-state index contributed by atoms with van der Waals surface area (Å²) in [6, 6.07) is 0. The molecule has 0 heterocycles. The van der Waals surface area contributed by atoms with E-state index in [1.807, 2.05) is 0 Å². The van der Waals surface area contributed by atoms with Crippen molar-refractivity contribution in [3.05, 3.63) is 0 Å². The molecule has 9 heteroatoms. The average molecular weight is 631 g/mol. The minimum Gasteiger partial charge on any atom is -0.462 e. The van der Waals surface area contributed by atoms with Gasteiger partial charge in [-0.2, -0.15) is 0 Å². The molecule has 260 valence electrons. The smallest absolute Gasteiger partial charge is 0.361 e. The molecule has 0 aromatic carbocycles. The van der Waals surface area contributed by atoms with Gasteiger partial charge in [0.25, 0.3) is 0 Å². The van der Waals surface area contributed by atoms with Gasteiger partial charge in [-0.1, -0.05) is 78.6 Å². The molecule has 0 fully saturated rings. The second-order valence-corrected chi connectivity index (χ2v) is 14.4. The summed E-state index contributed by atoms with van der Waals surface area (Å²) < 4.78 is 18.3. The van der Waals surface area contributed by atoms with Crippen LogP contribution in [0.5, 0.6) is 0 Å². The topological polar surface area (TPSA) is 78.9 Å². The standard InChI is InChI=1S/C35H72N3O6/c1-9-12-15-18-27-42-33(39)30-36(4,5)23-21-25-38(8,32-35(41)44-29-20-17-14-11-3)26-22-24-37(6,7)31-34(40)43-28-19-16-13-10-2/h9-32H2,1-8H3/q+3. The number of carbonyl (C=O) groups excluding carboxylic acids is 3. The van der Waals surface area contributed by atoms with Crippen molar-refractivity contribution in [3.63, 3.8) is 0 Å². The molecule has 44 heavy (non-hydrogen) atoms. The van der Waals surface area contributed by atoms with E-state index in [9.17, 15) is 14.4 Å². The monoisotopic (exact) mass is 631 g/mol. The van der Waals surface area contributed by atoms with Crippen LogP contribution >= 0.6 is 0 Å². The SMILES string of the molecule is CCCCCCOC(=O)C[N+](C)(C)CCC[N+](C)(CCC[N+](C)(C)CC(=O)OCCCCCC)CC(=O)OCCCCCC. The molecule has 0 unspecified atom stereocenters. The van der Waals surface area contributed by atoms with Crippen molar-refractivity contribution in [1.29, 1.82) is 0 Å². The lowest BCUT2D eigenvalue weighted by molar-refractivity contribution is -0.921. The van der Waals surface area contributed by atoms with E-state index in [1.165, 1.54) is 12.8 Å². The molecule has 0 N–H and O–H groups in total. The summed E-state index contributed by atoms with van der Waals surface area (Å²) in [5, 5.41) is 0. The fourth-order valence-electron chi connectivity index (χ4n) is 5.48. The maximum absolute atomic E-state index is 12.9. The number of carbonyl (C=O) groups is 3. The second-order valence-electron chi connectivity index (χ2n) is 14.4. The Kier molecular flexibility index (Phi) is 23.6. The van der Waals surface area contributed by atoms with Crippen molar-refractivity contribution >= 4 is 17.9 Å². The molecule has 0 rings (SSSR count). The minimum atomic E-state index is -0.148. The van der Waals surface area contributed by atoms with Crippen LogP contribution in [-0.2, 0) is 28.6 Å². The number of hydrogen-bond acceptors (Lipinski definition) is 6. The lowest BCUT2D eigenvalue weighted by Gasteiger charge is -2.36. The van der Waals surface area contributed by atoms with Crippen LogP contribution < -0.4 is 0 Å². The summed E-state index contributed by atoms with van der Waals surface area (Å²) >= 11 is 0. The summed E-state index contributed by atoms with van der Waals surface area (Å²) in [6.07, 6.45) is 14.8. The minimum absolute atomic E-state index is 0.144. The second kappa shape index (κ2) is 24.5. The number of quaternary nitrogens is 3. The number of unbranched alkanes of at least 4 members (excludes halogenated alkanes) is 9. The first-order chi connectivity index (χ1) is 20.8. The van der Waals surface area contributed by atoms with Gasteiger partial charge in [0.1, 0.15) is 0 Å². The Morgan fingerprint density at radius 1 is 0.409 bits per heavy atom. The van der Waals surface area contributed by atoms with Crippen molar-refractivity contribution in [1.82, 2.24) is 0 Å². The Morgan fingerprint density at radius 3 is 1.05 bits per heavy atom. The van der Waals surface area contributed by atoms with Crippen molar-refractivity contribution in [2.75, 3.05) is 101 Å². The first kappa shape index (κ1) is 42.3. The number of likely N-dealkylation sites (N-methyl/N-ethyl adjacent to an activating group) is 3. The van der Waals surface area contributed by atoms with Crippen molar-refractivity contribution in [3.8, 4) is 0 Å². The van der Waals surface area contributed by atoms with Crippen LogP contribution in [0.2, 0.25) is 0 Å². The Hall–Kier alpha value is -1.71. The van der Waals surface area contributed by atoms with E-state index in [1.54, 1.807) is 0 Å². The van der Waals surface area contributed by atoms with Crippen LogP contribution in [0.1, 0.15) is 111 Å². The molecule has 0 saturated carbocycles. The van der Waals surface area contributed by atoms with Crippen molar-refractivity contribution in [2.24, 2.45) is 0 Å². The lowest BCUT2D eigenvalue weighted by Crippen LogP contribution is -2.53. The summed E-state index contributed by atoms with van der Waals surface area (Å²) in [5.74, 6) is -0.436. The van der Waals surface area contributed by atoms with E-state index in [0.29, 0.717) is 52.9 Å². The van der Waals surface area contributed by atoms with Crippen molar-refractivity contribution < 1.29 is 42.0 Å². The van der Waals surface area contributed by atoms with Gasteiger partial charge in [0, 0.05) is 12.8 Å². The van der Waals surface area contributed by atoms with Gasteiger partial charge in [-0.3, -0.25) is 0 Å². The predicted octanol–water partition coefficient (Wildman–Crippen LogP) is 5.74. The lowest BCUT2D eigenvalue weighted by atomic mass is 10.2. The molecule has 0 saturated heterocycles. The molecule has 0 aromatic heterocycles. The van der Waals surface area contributed by atoms with E-state index in [-0.39, 0.29) is 17.9 Å². The first-order valence-electron chi connectivity index (χ1n) is 17.7. The molecule has 0 atom stereocenters. The average Bonchev–Trinajstić information content (AvgIpc) is 2.91. The molecule has 0 amide bonds. The highest BCUT2D eigenvalue weighted by Crippen LogP contribution is 2.12. The Balaban J connectivity index is 4.96. The fraction of sp³-hybridized carbons (Fsp3) is 0.914. The number of hydrogen-bond donors (Lipinski definition) is 0. The Bertz CT molecular complexity index is 726. The molecule has 0 spiro atoms. The number of ether oxygens (including phenoxy) is 3. The highest BCUT2D eigenvalue weighted by molar-refractivity contribution is 5.71. The van der Waals surface area contributed by atoms with Crippen LogP contribution in [0.15, 0.2) is 0 Å². The zero-order valence-electron chi connectivity index (χ0n) is 30.3. The highest BCUT2D eigenvalue weighted by Gasteiger charge is 2.30. The third kappa shape index (κ3) is 24.6. The number of esters is 3. The largest absolute Gasteiger partial charge is 0.462 e. The van der Waals surface area contributed by atoms with E-state index < -0.39 is 0 Å². The quantitative estimate of drug-likeness (QED) is 0.0454. The predicted molar refractivity (Wildman–Crippen MR) is 179 cm³/mol. The van der Waals surface area contributed by atoms with Gasteiger partial charge in [0.15, 0.2) is 19.6 Å². The van der Waals surface area contributed by atoms with Crippen LogP contribution in [0.4, 0.5) is 0 Å².